The van der Waals surface area contributed by atoms with Crippen LogP contribution in [0.15, 0.2) is 18.2 Å². The van der Waals surface area contributed by atoms with Crippen molar-refractivity contribution in [1.82, 2.24) is 10.2 Å². The normalized spacial score (nSPS) is 24.3. The van der Waals surface area contributed by atoms with Crippen molar-refractivity contribution in [3.63, 3.8) is 0 Å². The third kappa shape index (κ3) is 3.01. The predicted molar refractivity (Wildman–Crippen MR) is 75.5 cm³/mol. The molecule has 0 amide bonds. The van der Waals surface area contributed by atoms with Gasteiger partial charge in [-0.15, -0.1) is 0 Å². The Kier molecular flexibility index (Phi) is 4.03. The third-order valence-corrected chi connectivity index (χ3v) is 4.52. The highest BCUT2D eigenvalue weighted by molar-refractivity contribution is 5.22. The van der Waals surface area contributed by atoms with Gasteiger partial charge in [0.05, 0.1) is 0 Å². The lowest BCUT2D eigenvalue weighted by atomic mass is 10.0. The van der Waals surface area contributed by atoms with Gasteiger partial charge in [-0.05, 0) is 57.4 Å². The molecule has 1 aromatic rings. The second-order valence-corrected chi connectivity index (χ2v) is 6.06. The number of rotatable bonds is 5. The van der Waals surface area contributed by atoms with Crippen molar-refractivity contribution < 1.29 is 8.78 Å². The van der Waals surface area contributed by atoms with E-state index in [9.17, 15) is 8.78 Å². The average molecular weight is 280 g/mol. The van der Waals surface area contributed by atoms with Gasteiger partial charge in [0, 0.05) is 30.2 Å². The van der Waals surface area contributed by atoms with Gasteiger partial charge in [-0.2, -0.15) is 0 Å². The lowest BCUT2D eigenvalue weighted by molar-refractivity contribution is 0.178. The summed E-state index contributed by atoms with van der Waals surface area (Å²) in [6, 6.07) is 4.73. The highest BCUT2D eigenvalue weighted by Gasteiger charge is 2.35. The van der Waals surface area contributed by atoms with Crippen molar-refractivity contribution in [3.8, 4) is 0 Å². The number of hydrogen-bond acceptors (Lipinski definition) is 2. The van der Waals surface area contributed by atoms with Gasteiger partial charge in [-0.25, -0.2) is 8.78 Å². The number of hydrogen-bond donors (Lipinski definition) is 1. The summed E-state index contributed by atoms with van der Waals surface area (Å²) in [5.74, 6) is -0.660. The Morgan fingerprint density at radius 2 is 2.10 bits per heavy atom. The van der Waals surface area contributed by atoms with Gasteiger partial charge < -0.3 is 5.32 Å². The standard InChI is InChI=1S/C16H22F2N2/c1-11(15-9-12(17)4-7-16(15)18)20(14-5-6-14)10-13-3-2-8-19-13/h4,7,9,11,13-14,19H,2-3,5-6,8,10H2,1H3. The maximum atomic E-state index is 14.0. The largest absolute Gasteiger partial charge is 0.313 e. The summed E-state index contributed by atoms with van der Waals surface area (Å²) in [6.45, 7) is 4.00. The smallest absolute Gasteiger partial charge is 0.128 e. The molecular formula is C16H22F2N2. The van der Waals surface area contributed by atoms with E-state index >= 15 is 0 Å². The van der Waals surface area contributed by atoms with Gasteiger partial charge in [0.1, 0.15) is 11.6 Å². The number of halogens is 2. The summed E-state index contributed by atoms with van der Waals surface area (Å²) in [5, 5.41) is 3.49. The van der Waals surface area contributed by atoms with E-state index in [2.05, 4.69) is 10.2 Å². The quantitative estimate of drug-likeness (QED) is 0.890. The topological polar surface area (TPSA) is 15.3 Å². The molecule has 110 valence electrons. The fraction of sp³-hybridized carbons (Fsp3) is 0.625. The molecule has 1 N–H and O–H groups in total. The van der Waals surface area contributed by atoms with Crippen molar-refractivity contribution >= 4 is 0 Å². The van der Waals surface area contributed by atoms with Crippen LogP contribution < -0.4 is 5.32 Å². The monoisotopic (exact) mass is 280 g/mol. The number of nitrogens with zero attached hydrogens (tertiary/aromatic N) is 1. The van der Waals surface area contributed by atoms with E-state index in [-0.39, 0.29) is 17.7 Å². The van der Waals surface area contributed by atoms with Crippen LogP contribution in [0.2, 0.25) is 0 Å². The first-order valence-electron chi connectivity index (χ1n) is 7.59. The molecule has 20 heavy (non-hydrogen) atoms. The zero-order valence-electron chi connectivity index (χ0n) is 11.9. The molecule has 1 aliphatic carbocycles. The molecule has 1 saturated carbocycles. The van der Waals surface area contributed by atoms with Crippen molar-refractivity contribution in [1.29, 1.82) is 0 Å². The molecule has 0 spiro atoms. The average Bonchev–Trinajstić information content (AvgIpc) is 3.15. The molecule has 0 radical (unpaired) electrons. The Bertz CT molecular complexity index is 468. The summed E-state index contributed by atoms with van der Waals surface area (Å²) in [4.78, 5) is 2.35. The fourth-order valence-corrected chi connectivity index (χ4v) is 3.21. The van der Waals surface area contributed by atoms with E-state index in [4.69, 9.17) is 0 Å². The predicted octanol–water partition coefficient (Wildman–Crippen LogP) is 3.24. The molecule has 4 heteroatoms. The minimum absolute atomic E-state index is 0.0689. The lowest BCUT2D eigenvalue weighted by Crippen LogP contribution is -2.40. The summed E-state index contributed by atoms with van der Waals surface area (Å²) < 4.78 is 27.4. The molecule has 2 aliphatic rings. The summed E-state index contributed by atoms with van der Waals surface area (Å²) in [6.07, 6.45) is 4.75. The van der Waals surface area contributed by atoms with E-state index in [1.165, 1.54) is 43.9 Å². The molecule has 2 unspecified atom stereocenters. The van der Waals surface area contributed by atoms with Crippen LogP contribution in [0.5, 0.6) is 0 Å². The van der Waals surface area contributed by atoms with Gasteiger partial charge in [0.25, 0.3) is 0 Å². The zero-order valence-corrected chi connectivity index (χ0v) is 11.9. The number of nitrogens with one attached hydrogen (secondary N) is 1. The number of benzene rings is 1. The van der Waals surface area contributed by atoms with Gasteiger partial charge in [-0.3, -0.25) is 4.90 Å². The first-order chi connectivity index (χ1) is 9.65. The van der Waals surface area contributed by atoms with Crippen molar-refractivity contribution in [2.24, 2.45) is 0 Å². The van der Waals surface area contributed by atoms with Gasteiger partial charge in [-0.1, -0.05) is 0 Å². The molecule has 1 saturated heterocycles. The highest BCUT2D eigenvalue weighted by atomic mass is 19.1. The van der Waals surface area contributed by atoms with Gasteiger partial charge in [0.15, 0.2) is 0 Å². The third-order valence-electron chi connectivity index (χ3n) is 4.52. The van der Waals surface area contributed by atoms with Crippen LogP contribution in [-0.4, -0.2) is 30.1 Å². The van der Waals surface area contributed by atoms with E-state index in [1.807, 2.05) is 6.92 Å². The molecule has 0 aromatic heterocycles. The van der Waals surface area contributed by atoms with E-state index in [0.717, 1.165) is 13.1 Å². The van der Waals surface area contributed by atoms with E-state index < -0.39 is 0 Å². The summed E-state index contributed by atoms with van der Waals surface area (Å²) in [7, 11) is 0. The Labute approximate surface area is 119 Å². The van der Waals surface area contributed by atoms with Crippen molar-refractivity contribution in [2.45, 2.75) is 50.7 Å². The Balaban J connectivity index is 1.77. The van der Waals surface area contributed by atoms with Crippen molar-refractivity contribution in [2.75, 3.05) is 13.1 Å². The maximum Gasteiger partial charge on any atom is 0.128 e. The Hall–Kier alpha value is -1.00. The summed E-state index contributed by atoms with van der Waals surface area (Å²) >= 11 is 0. The van der Waals surface area contributed by atoms with Crippen LogP contribution in [0.3, 0.4) is 0 Å². The van der Waals surface area contributed by atoms with E-state index in [0.29, 0.717) is 17.6 Å². The minimum atomic E-state index is -0.358. The first kappa shape index (κ1) is 14.0. The molecule has 2 fully saturated rings. The van der Waals surface area contributed by atoms with Crippen molar-refractivity contribution in [3.05, 3.63) is 35.4 Å². The SMILES string of the molecule is CC(c1cc(F)ccc1F)N(CC1CCCN1)C1CC1. The van der Waals surface area contributed by atoms with Crippen LogP contribution in [0.25, 0.3) is 0 Å². The molecule has 3 rings (SSSR count). The molecular weight excluding hydrogens is 258 g/mol. The molecule has 1 aromatic carbocycles. The highest BCUT2D eigenvalue weighted by Crippen LogP contribution is 2.35. The van der Waals surface area contributed by atoms with E-state index in [1.54, 1.807) is 0 Å². The second kappa shape index (κ2) is 5.78. The molecule has 1 aliphatic heterocycles. The molecule has 2 atom stereocenters. The van der Waals surface area contributed by atoms with Crippen LogP contribution in [0.4, 0.5) is 8.78 Å². The second-order valence-electron chi connectivity index (χ2n) is 6.06. The first-order valence-corrected chi connectivity index (χ1v) is 7.59. The van der Waals surface area contributed by atoms with Gasteiger partial charge >= 0.3 is 0 Å². The van der Waals surface area contributed by atoms with Crippen LogP contribution in [0, 0.1) is 11.6 Å². The lowest BCUT2D eigenvalue weighted by Gasteiger charge is -2.32. The molecule has 1 heterocycles. The Morgan fingerprint density at radius 3 is 2.75 bits per heavy atom. The maximum absolute atomic E-state index is 14.0. The fourth-order valence-electron chi connectivity index (χ4n) is 3.21. The summed E-state index contributed by atoms with van der Waals surface area (Å²) in [5.41, 5.74) is 0.481. The van der Waals surface area contributed by atoms with Gasteiger partial charge in [0.2, 0.25) is 0 Å². The van der Waals surface area contributed by atoms with Crippen LogP contribution >= 0.6 is 0 Å². The molecule has 2 nitrogen and oxygen atoms in total. The Morgan fingerprint density at radius 1 is 1.30 bits per heavy atom. The molecule has 0 bridgehead atoms. The van der Waals surface area contributed by atoms with Crippen LogP contribution in [0.1, 0.15) is 44.2 Å². The van der Waals surface area contributed by atoms with Crippen LogP contribution in [-0.2, 0) is 0 Å². The zero-order chi connectivity index (χ0) is 14.1. The minimum Gasteiger partial charge on any atom is -0.313 e.